The number of aliphatic hydroxyl groups excluding tert-OH is 2. The second-order valence-electron chi connectivity index (χ2n) is 17.9. The van der Waals surface area contributed by atoms with E-state index in [9.17, 15) is 19.8 Å². The standard InChI is InChI=1S/C53H101NO5/c1-3-5-7-9-11-13-15-16-17-18-19-20-23-27-31-35-39-43-47-53(58)59-48-44-40-36-32-28-24-21-22-26-30-34-38-42-46-52(57)54-50(49-55)51(56)45-41-37-33-29-25-14-12-10-8-6-4-2/h22,26,41,45,50-51,55-56H,3-21,23-25,27-40,42-44,46-49H2,1-2H3,(H,54,57)/b26-22-,45-41+. The van der Waals surface area contributed by atoms with Crippen molar-refractivity contribution in [3.8, 4) is 0 Å². The van der Waals surface area contributed by atoms with Crippen molar-refractivity contribution >= 4 is 11.9 Å². The predicted octanol–water partition coefficient (Wildman–Crippen LogP) is 15.5. The van der Waals surface area contributed by atoms with E-state index in [0.717, 1.165) is 70.6 Å². The van der Waals surface area contributed by atoms with Crippen LogP contribution in [0.3, 0.4) is 0 Å². The first kappa shape index (κ1) is 57.3. The van der Waals surface area contributed by atoms with Gasteiger partial charge in [-0.25, -0.2) is 0 Å². The van der Waals surface area contributed by atoms with E-state index in [4.69, 9.17) is 4.74 Å². The molecule has 0 radical (unpaired) electrons. The molecule has 0 aromatic carbocycles. The number of carbonyl (C=O) groups is 2. The number of hydrogen-bond acceptors (Lipinski definition) is 5. The molecule has 0 heterocycles. The average molecular weight is 832 g/mol. The second kappa shape index (κ2) is 49.0. The van der Waals surface area contributed by atoms with Gasteiger partial charge in [-0.3, -0.25) is 9.59 Å². The van der Waals surface area contributed by atoms with Crippen molar-refractivity contribution in [3.63, 3.8) is 0 Å². The topological polar surface area (TPSA) is 95.9 Å². The maximum Gasteiger partial charge on any atom is 0.305 e. The molecule has 0 aliphatic heterocycles. The van der Waals surface area contributed by atoms with Crippen molar-refractivity contribution in [1.82, 2.24) is 5.32 Å². The fourth-order valence-electron chi connectivity index (χ4n) is 7.92. The molecule has 6 heteroatoms. The smallest absolute Gasteiger partial charge is 0.305 e. The van der Waals surface area contributed by atoms with Crippen LogP contribution in [0.1, 0.15) is 277 Å². The van der Waals surface area contributed by atoms with Gasteiger partial charge in [-0.2, -0.15) is 0 Å². The summed E-state index contributed by atoms with van der Waals surface area (Å²) in [6.45, 7) is 4.85. The number of rotatable bonds is 48. The van der Waals surface area contributed by atoms with E-state index in [-0.39, 0.29) is 18.5 Å². The van der Waals surface area contributed by atoms with Gasteiger partial charge in [0.15, 0.2) is 0 Å². The lowest BCUT2D eigenvalue weighted by atomic mass is 10.0. The molecule has 3 N–H and O–H groups in total. The molecular formula is C53H101NO5. The molecule has 0 rings (SSSR count). The van der Waals surface area contributed by atoms with Crippen LogP contribution in [0.15, 0.2) is 24.3 Å². The first-order valence-corrected chi connectivity index (χ1v) is 26.1. The van der Waals surface area contributed by atoms with Crippen LogP contribution >= 0.6 is 0 Å². The van der Waals surface area contributed by atoms with Crippen LogP contribution in [0.2, 0.25) is 0 Å². The third kappa shape index (κ3) is 45.7. The number of aliphatic hydroxyl groups is 2. The summed E-state index contributed by atoms with van der Waals surface area (Å²) in [7, 11) is 0. The minimum atomic E-state index is -0.859. The number of carbonyl (C=O) groups excluding carboxylic acids is 2. The number of amides is 1. The zero-order valence-corrected chi connectivity index (χ0v) is 39.5. The number of ether oxygens (including phenoxy) is 1. The van der Waals surface area contributed by atoms with E-state index in [1.165, 1.54) is 180 Å². The first-order valence-electron chi connectivity index (χ1n) is 26.1. The third-order valence-corrected chi connectivity index (χ3v) is 12.0. The Morgan fingerprint density at radius 2 is 0.797 bits per heavy atom. The summed E-state index contributed by atoms with van der Waals surface area (Å²) in [6.07, 6.45) is 57.6. The summed E-state index contributed by atoms with van der Waals surface area (Å²) in [4.78, 5) is 24.4. The van der Waals surface area contributed by atoms with Gasteiger partial charge < -0.3 is 20.3 Å². The number of nitrogens with one attached hydrogen (secondary N) is 1. The van der Waals surface area contributed by atoms with E-state index in [0.29, 0.717) is 19.4 Å². The summed E-state index contributed by atoms with van der Waals surface area (Å²) in [5, 5.41) is 22.9. The molecule has 0 saturated heterocycles. The number of allylic oxidation sites excluding steroid dienone is 3. The summed E-state index contributed by atoms with van der Waals surface area (Å²) in [5.41, 5.74) is 0. The van der Waals surface area contributed by atoms with E-state index in [1.54, 1.807) is 6.08 Å². The number of hydrogen-bond donors (Lipinski definition) is 3. The Morgan fingerprint density at radius 3 is 1.22 bits per heavy atom. The van der Waals surface area contributed by atoms with Crippen LogP contribution in [0.4, 0.5) is 0 Å². The highest BCUT2D eigenvalue weighted by molar-refractivity contribution is 5.76. The zero-order chi connectivity index (χ0) is 43.0. The fourth-order valence-corrected chi connectivity index (χ4v) is 7.92. The minimum absolute atomic E-state index is 0.0102. The fraction of sp³-hybridized carbons (Fsp3) is 0.887. The first-order chi connectivity index (χ1) is 29.0. The summed E-state index contributed by atoms with van der Waals surface area (Å²) < 4.78 is 5.47. The van der Waals surface area contributed by atoms with Crippen molar-refractivity contribution in [3.05, 3.63) is 24.3 Å². The molecule has 2 unspecified atom stereocenters. The van der Waals surface area contributed by atoms with Crippen molar-refractivity contribution in [2.24, 2.45) is 0 Å². The Balaban J connectivity index is 3.47. The van der Waals surface area contributed by atoms with Gasteiger partial charge in [-0.1, -0.05) is 231 Å². The molecule has 0 spiro atoms. The summed E-state index contributed by atoms with van der Waals surface area (Å²) in [5.74, 6) is -0.109. The molecule has 6 nitrogen and oxygen atoms in total. The monoisotopic (exact) mass is 832 g/mol. The van der Waals surface area contributed by atoms with Crippen LogP contribution < -0.4 is 5.32 Å². The molecule has 1 amide bonds. The van der Waals surface area contributed by atoms with Crippen LogP contribution in [-0.4, -0.2) is 47.4 Å². The van der Waals surface area contributed by atoms with Gasteiger partial charge in [-0.05, 0) is 57.8 Å². The normalized spacial score (nSPS) is 12.8. The quantitative estimate of drug-likeness (QED) is 0.0322. The highest BCUT2D eigenvalue weighted by Crippen LogP contribution is 2.16. The maximum absolute atomic E-state index is 12.4. The molecule has 348 valence electrons. The van der Waals surface area contributed by atoms with Crippen LogP contribution in [0.25, 0.3) is 0 Å². The van der Waals surface area contributed by atoms with E-state index in [2.05, 4.69) is 31.3 Å². The minimum Gasteiger partial charge on any atom is -0.466 e. The van der Waals surface area contributed by atoms with Crippen molar-refractivity contribution in [2.75, 3.05) is 13.2 Å². The van der Waals surface area contributed by atoms with E-state index < -0.39 is 12.1 Å². The lowest BCUT2D eigenvalue weighted by Crippen LogP contribution is -2.45. The van der Waals surface area contributed by atoms with Gasteiger partial charge in [0.2, 0.25) is 5.91 Å². The lowest BCUT2D eigenvalue weighted by Gasteiger charge is -2.19. The molecule has 0 saturated carbocycles. The van der Waals surface area contributed by atoms with E-state index in [1.807, 2.05) is 6.08 Å². The van der Waals surface area contributed by atoms with Crippen LogP contribution in [-0.2, 0) is 14.3 Å². The highest BCUT2D eigenvalue weighted by atomic mass is 16.5. The van der Waals surface area contributed by atoms with Crippen molar-refractivity contribution in [2.45, 2.75) is 289 Å². The molecule has 0 aliphatic rings. The van der Waals surface area contributed by atoms with E-state index >= 15 is 0 Å². The Morgan fingerprint density at radius 1 is 0.458 bits per heavy atom. The molecular weight excluding hydrogens is 731 g/mol. The third-order valence-electron chi connectivity index (χ3n) is 12.0. The molecule has 2 atom stereocenters. The molecule has 0 fully saturated rings. The van der Waals surface area contributed by atoms with Gasteiger partial charge in [0.25, 0.3) is 0 Å². The Kier molecular flexibility index (Phi) is 47.6. The van der Waals surface area contributed by atoms with Crippen LogP contribution in [0, 0.1) is 0 Å². The Labute approximate surface area is 367 Å². The largest absolute Gasteiger partial charge is 0.466 e. The van der Waals surface area contributed by atoms with Crippen molar-refractivity contribution < 1.29 is 24.5 Å². The maximum atomic E-state index is 12.4. The van der Waals surface area contributed by atoms with Gasteiger partial charge >= 0.3 is 5.97 Å². The van der Waals surface area contributed by atoms with Crippen LogP contribution in [0.5, 0.6) is 0 Å². The summed E-state index contributed by atoms with van der Waals surface area (Å²) >= 11 is 0. The molecule has 0 aromatic heterocycles. The number of unbranched alkanes of at least 4 members (excludes halogenated alkanes) is 35. The lowest BCUT2D eigenvalue weighted by molar-refractivity contribution is -0.143. The molecule has 0 aliphatic carbocycles. The Bertz CT molecular complexity index is 920. The van der Waals surface area contributed by atoms with Gasteiger partial charge in [-0.15, -0.1) is 0 Å². The molecule has 59 heavy (non-hydrogen) atoms. The highest BCUT2D eigenvalue weighted by Gasteiger charge is 2.18. The number of esters is 1. The van der Waals surface area contributed by atoms with Crippen molar-refractivity contribution in [1.29, 1.82) is 0 Å². The molecule has 0 bridgehead atoms. The zero-order valence-electron chi connectivity index (χ0n) is 39.5. The predicted molar refractivity (Wildman–Crippen MR) is 255 cm³/mol. The van der Waals surface area contributed by atoms with Gasteiger partial charge in [0.05, 0.1) is 25.4 Å². The average Bonchev–Trinajstić information content (AvgIpc) is 3.24. The van der Waals surface area contributed by atoms with Gasteiger partial charge in [0.1, 0.15) is 0 Å². The van der Waals surface area contributed by atoms with Gasteiger partial charge in [0, 0.05) is 12.8 Å². The second-order valence-corrected chi connectivity index (χ2v) is 17.9. The summed E-state index contributed by atoms with van der Waals surface area (Å²) in [6, 6.07) is -0.646. The SMILES string of the molecule is CCCCCCCCCCC/C=C/C(O)C(CO)NC(=O)CCCCC/C=C\CCCCCCCCOC(=O)CCCCCCCCCCCCCCCCCCCC. The Hall–Kier alpha value is -1.66. The molecule has 0 aromatic rings.